The lowest BCUT2D eigenvalue weighted by Crippen LogP contribution is -2.37. The monoisotopic (exact) mass is 475 g/mol. The number of aliphatic hydroxyl groups excluding tert-OH is 1. The Hall–Kier alpha value is -3.39. The van der Waals surface area contributed by atoms with Crippen LogP contribution in [0, 0.1) is 0 Å². The van der Waals surface area contributed by atoms with E-state index in [-0.39, 0.29) is 19.1 Å². The van der Waals surface area contributed by atoms with Gasteiger partial charge in [-0.25, -0.2) is 0 Å². The number of anilines is 2. The van der Waals surface area contributed by atoms with Gasteiger partial charge in [-0.2, -0.15) is 0 Å². The van der Waals surface area contributed by atoms with Gasteiger partial charge in [-0.05, 0) is 54.6 Å². The van der Waals surface area contributed by atoms with Crippen molar-refractivity contribution in [2.45, 2.75) is 6.10 Å². The molecule has 7 heteroatoms. The third-order valence-corrected chi connectivity index (χ3v) is 5.87. The highest BCUT2D eigenvalue weighted by Gasteiger charge is 2.14. The normalized spacial score (nSPS) is 14.5. The molecule has 1 aliphatic heterocycles. The van der Waals surface area contributed by atoms with Crippen LogP contribution in [-0.2, 0) is 9.53 Å². The molecule has 1 heterocycles. The zero-order chi connectivity index (χ0) is 24.5. The molecule has 0 radical (unpaired) electrons. The summed E-state index contributed by atoms with van der Waals surface area (Å²) < 4.78 is 11.1. The van der Waals surface area contributed by atoms with Gasteiger partial charge in [-0.1, -0.05) is 42.5 Å². The number of morpholine rings is 1. The minimum atomic E-state index is -0.714. The summed E-state index contributed by atoms with van der Waals surface area (Å²) in [6, 6.07) is 25.8. The van der Waals surface area contributed by atoms with Gasteiger partial charge in [0.1, 0.15) is 18.5 Å². The number of nitrogens with one attached hydrogen (secondary N) is 1. The maximum absolute atomic E-state index is 12.4. The van der Waals surface area contributed by atoms with Gasteiger partial charge in [-0.3, -0.25) is 9.69 Å². The van der Waals surface area contributed by atoms with Crippen LogP contribution < -0.4 is 15.0 Å². The maximum atomic E-state index is 12.4. The fraction of sp³-hybridized carbons (Fsp3) is 0.321. The predicted octanol–water partition coefficient (Wildman–Crippen LogP) is 3.50. The van der Waals surface area contributed by atoms with E-state index < -0.39 is 6.10 Å². The van der Waals surface area contributed by atoms with Crippen LogP contribution in [0.3, 0.4) is 0 Å². The molecule has 1 amide bonds. The second-order valence-corrected chi connectivity index (χ2v) is 8.75. The van der Waals surface area contributed by atoms with Crippen LogP contribution in [0.4, 0.5) is 11.4 Å². The SMILES string of the molecule is CN(CC(=O)Nc1ccc(N2CCOCC2)cc1)CC(O)COc1ccc(-c2ccccc2)cc1. The molecule has 1 saturated heterocycles. The van der Waals surface area contributed by atoms with Crippen LogP contribution in [0.2, 0.25) is 0 Å². The summed E-state index contributed by atoms with van der Waals surface area (Å²) in [5, 5.41) is 13.3. The van der Waals surface area contributed by atoms with E-state index in [0.29, 0.717) is 12.3 Å². The molecule has 0 bridgehead atoms. The molecule has 1 atom stereocenters. The number of nitrogens with zero attached hydrogens (tertiary/aromatic N) is 2. The van der Waals surface area contributed by atoms with Crippen molar-refractivity contribution in [2.75, 3.05) is 63.3 Å². The van der Waals surface area contributed by atoms with Crippen LogP contribution in [0.5, 0.6) is 5.75 Å². The summed E-state index contributed by atoms with van der Waals surface area (Å²) in [6.07, 6.45) is -0.714. The number of ether oxygens (including phenoxy) is 2. The molecular weight excluding hydrogens is 442 g/mol. The number of hydrogen-bond acceptors (Lipinski definition) is 6. The lowest BCUT2D eigenvalue weighted by Gasteiger charge is -2.29. The van der Waals surface area contributed by atoms with Crippen molar-refractivity contribution in [3.8, 4) is 16.9 Å². The molecule has 0 aromatic heterocycles. The summed E-state index contributed by atoms with van der Waals surface area (Å²) in [6.45, 7) is 3.88. The molecule has 3 aromatic rings. The number of likely N-dealkylation sites (N-methyl/N-ethyl adjacent to an activating group) is 1. The first-order valence-corrected chi connectivity index (χ1v) is 11.9. The molecular formula is C28H33N3O4. The Morgan fingerprint density at radius 1 is 1.00 bits per heavy atom. The minimum Gasteiger partial charge on any atom is -0.491 e. The first-order valence-electron chi connectivity index (χ1n) is 11.9. The van der Waals surface area contributed by atoms with E-state index in [4.69, 9.17) is 9.47 Å². The van der Waals surface area contributed by atoms with Crippen molar-refractivity contribution in [2.24, 2.45) is 0 Å². The van der Waals surface area contributed by atoms with Gasteiger partial charge in [0.05, 0.1) is 19.8 Å². The molecule has 184 valence electrons. The van der Waals surface area contributed by atoms with Crippen molar-refractivity contribution in [1.82, 2.24) is 4.90 Å². The Balaban J connectivity index is 1.17. The number of rotatable bonds is 10. The van der Waals surface area contributed by atoms with Gasteiger partial charge < -0.3 is 24.8 Å². The highest BCUT2D eigenvalue weighted by Crippen LogP contribution is 2.22. The molecule has 1 fully saturated rings. The van der Waals surface area contributed by atoms with Crippen LogP contribution >= 0.6 is 0 Å². The summed E-state index contributed by atoms with van der Waals surface area (Å²) in [5.41, 5.74) is 4.14. The van der Waals surface area contributed by atoms with Gasteiger partial charge in [0.2, 0.25) is 5.91 Å². The third-order valence-electron chi connectivity index (χ3n) is 5.87. The van der Waals surface area contributed by atoms with Crippen molar-refractivity contribution in [3.63, 3.8) is 0 Å². The highest BCUT2D eigenvalue weighted by atomic mass is 16.5. The molecule has 1 aliphatic rings. The quantitative estimate of drug-likeness (QED) is 0.468. The Morgan fingerprint density at radius 3 is 2.34 bits per heavy atom. The maximum Gasteiger partial charge on any atom is 0.238 e. The number of hydrogen-bond donors (Lipinski definition) is 2. The van der Waals surface area contributed by atoms with E-state index in [2.05, 4.69) is 22.3 Å². The average Bonchev–Trinajstić information content (AvgIpc) is 2.89. The second-order valence-electron chi connectivity index (χ2n) is 8.75. The van der Waals surface area contributed by atoms with Crippen LogP contribution in [-0.4, -0.2) is 75.1 Å². The van der Waals surface area contributed by atoms with Gasteiger partial charge in [0.15, 0.2) is 0 Å². The van der Waals surface area contributed by atoms with Gasteiger partial charge in [0.25, 0.3) is 0 Å². The number of aliphatic hydroxyl groups is 1. The van der Waals surface area contributed by atoms with E-state index in [1.807, 2.05) is 66.7 Å². The summed E-state index contributed by atoms with van der Waals surface area (Å²) in [7, 11) is 1.80. The molecule has 0 saturated carbocycles. The molecule has 35 heavy (non-hydrogen) atoms. The minimum absolute atomic E-state index is 0.128. The Labute approximate surface area is 206 Å². The zero-order valence-electron chi connectivity index (χ0n) is 20.1. The summed E-state index contributed by atoms with van der Waals surface area (Å²) in [4.78, 5) is 16.5. The van der Waals surface area contributed by atoms with Crippen LogP contribution in [0.25, 0.3) is 11.1 Å². The van der Waals surface area contributed by atoms with E-state index in [1.165, 1.54) is 0 Å². The Morgan fingerprint density at radius 2 is 1.66 bits per heavy atom. The first kappa shape index (κ1) is 24.7. The van der Waals surface area contributed by atoms with E-state index >= 15 is 0 Å². The van der Waals surface area contributed by atoms with E-state index in [1.54, 1.807) is 11.9 Å². The highest BCUT2D eigenvalue weighted by molar-refractivity contribution is 5.92. The zero-order valence-corrected chi connectivity index (χ0v) is 20.1. The lowest BCUT2D eigenvalue weighted by molar-refractivity contribution is -0.117. The largest absolute Gasteiger partial charge is 0.491 e. The van der Waals surface area contributed by atoms with Crippen molar-refractivity contribution in [3.05, 3.63) is 78.9 Å². The van der Waals surface area contributed by atoms with Gasteiger partial charge >= 0.3 is 0 Å². The Kier molecular flexibility index (Phi) is 8.73. The van der Waals surface area contributed by atoms with Crippen molar-refractivity contribution >= 4 is 17.3 Å². The smallest absolute Gasteiger partial charge is 0.238 e. The van der Waals surface area contributed by atoms with E-state index in [0.717, 1.165) is 48.8 Å². The van der Waals surface area contributed by atoms with Gasteiger partial charge in [-0.15, -0.1) is 0 Å². The second kappa shape index (κ2) is 12.4. The third kappa shape index (κ3) is 7.55. The molecule has 4 rings (SSSR count). The molecule has 3 aromatic carbocycles. The molecule has 7 nitrogen and oxygen atoms in total. The average molecular weight is 476 g/mol. The fourth-order valence-electron chi connectivity index (χ4n) is 4.07. The van der Waals surface area contributed by atoms with Crippen molar-refractivity contribution < 1.29 is 19.4 Å². The Bertz CT molecular complexity index is 1050. The topological polar surface area (TPSA) is 74.3 Å². The standard InChI is InChI=1S/C28H33N3O4/c1-30(20-28(33)29-24-9-11-25(12-10-24)31-15-17-34-18-16-31)19-26(32)21-35-27-13-7-23(8-14-27)22-5-3-2-4-6-22/h2-14,26,32H,15-21H2,1H3,(H,29,33). The fourth-order valence-corrected chi connectivity index (χ4v) is 4.07. The summed E-state index contributed by atoms with van der Waals surface area (Å²) in [5.74, 6) is 0.570. The number of carbonyl (C=O) groups excluding carboxylic acids is 1. The van der Waals surface area contributed by atoms with Crippen molar-refractivity contribution in [1.29, 1.82) is 0 Å². The molecule has 2 N–H and O–H groups in total. The van der Waals surface area contributed by atoms with Gasteiger partial charge in [0, 0.05) is 31.0 Å². The van der Waals surface area contributed by atoms with Crippen LogP contribution in [0.1, 0.15) is 0 Å². The summed E-state index contributed by atoms with van der Waals surface area (Å²) >= 11 is 0. The van der Waals surface area contributed by atoms with Crippen LogP contribution in [0.15, 0.2) is 78.9 Å². The molecule has 0 aliphatic carbocycles. The van der Waals surface area contributed by atoms with E-state index in [9.17, 15) is 9.90 Å². The molecule has 0 spiro atoms. The molecule has 1 unspecified atom stereocenters. The number of benzene rings is 3. The first-order chi connectivity index (χ1) is 17.1. The number of amides is 1. The predicted molar refractivity (Wildman–Crippen MR) is 139 cm³/mol. The lowest BCUT2D eigenvalue weighted by atomic mass is 10.1. The number of carbonyl (C=O) groups is 1.